The molecule has 0 aliphatic heterocycles. The number of aromatic amines is 1. The van der Waals surface area contributed by atoms with Gasteiger partial charge in [0.15, 0.2) is 11.5 Å². The van der Waals surface area contributed by atoms with E-state index in [1.807, 2.05) is 18.2 Å². The largest absolute Gasteiger partial charge is 0.493 e. The summed E-state index contributed by atoms with van der Waals surface area (Å²) in [5.74, 6) is 1.05. The van der Waals surface area contributed by atoms with Gasteiger partial charge < -0.3 is 18.9 Å². The Morgan fingerprint density at radius 3 is 2.62 bits per heavy atom. The van der Waals surface area contributed by atoms with Crippen LogP contribution in [0.15, 0.2) is 24.3 Å². The summed E-state index contributed by atoms with van der Waals surface area (Å²) in [4.78, 5) is 11.6. The molecule has 0 bridgehead atoms. The van der Waals surface area contributed by atoms with Crippen LogP contribution in [0.5, 0.6) is 17.4 Å². The van der Waals surface area contributed by atoms with Crippen molar-refractivity contribution in [2.75, 3.05) is 27.4 Å². The number of carbonyl (C=O) groups is 1. The predicted octanol–water partition coefficient (Wildman–Crippen LogP) is 2.67. The van der Waals surface area contributed by atoms with Crippen LogP contribution in [0.4, 0.5) is 0 Å². The van der Waals surface area contributed by atoms with Gasteiger partial charge in [0.25, 0.3) is 0 Å². The Morgan fingerprint density at radius 1 is 1.21 bits per heavy atom. The van der Waals surface area contributed by atoms with Crippen LogP contribution in [0.3, 0.4) is 0 Å². The topological polar surface area (TPSA) is 82.7 Å². The Morgan fingerprint density at radius 2 is 1.96 bits per heavy atom. The van der Waals surface area contributed by atoms with E-state index in [1.54, 1.807) is 34.1 Å². The van der Waals surface area contributed by atoms with Gasteiger partial charge in [-0.25, -0.2) is 0 Å². The zero-order valence-corrected chi connectivity index (χ0v) is 14.3. The molecular formula is C17H22N2O5. The summed E-state index contributed by atoms with van der Waals surface area (Å²) in [7, 11) is 3.17. The minimum atomic E-state index is -0.355. The molecular weight excluding hydrogens is 312 g/mol. The second-order valence-corrected chi connectivity index (χ2v) is 5.15. The average molecular weight is 334 g/mol. The van der Waals surface area contributed by atoms with E-state index in [9.17, 15) is 4.79 Å². The van der Waals surface area contributed by atoms with E-state index in [4.69, 9.17) is 18.9 Å². The van der Waals surface area contributed by atoms with Gasteiger partial charge in [-0.05, 0) is 32.0 Å². The lowest BCUT2D eigenvalue weighted by molar-refractivity contribution is -0.148. The van der Waals surface area contributed by atoms with Crippen LogP contribution in [0.2, 0.25) is 0 Å². The number of hydrogen-bond donors (Lipinski definition) is 1. The summed E-state index contributed by atoms with van der Waals surface area (Å²) in [6.45, 7) is 4.08. The van der Waals surface area contributed by atoms with Gasteiger partial charge in [0, 0.05) is 11.6 Å². The maximum absolute atomic E-state index is 11.6. The molecule has 1 unspecified atom stereocenters. The Bertz CT molecular complexity index is 683. The van der Waals surface area contributed by atoms with Gasteiger partial charge in [-0.3, -0.25) is 9.89 Å². The highest BCUT2D eigenvalue weighted by atomic mass is 16.5. The molecule has 0 saturated carbocycles. The molecule has 1 aromatic carbocycles. The molecule has 0 radical (unpaired) electrons. The van der Waals surface area contributed by atoms with Crippen LogP contribution in [0.25, 0.3) is 11.3 Å². The minimum absolute atomic E-state index is 0.203. The van der Waals surface area contributed by atoms with E-state index >= 15 is 0 Å². The fraction of sp³-hybridized carbons (Fsp3) is 0.412. The maximum Gasteiger partial charge on any atom is 0.312 e. The molecule has 1 aromatic heterocycles. The zero-order chi connectivity index (χ0) is 17.5. The molecule has 0 saturated heterocycles. The number of ether oxygens (including phenoxy) is 4. The number of nitrogens with zero attached hydrogens (tertiary/aromatic N) is 1. The molecule has 1 atom stereocenters. The monoisotopic (exact) mass is 334 g/mol. The average Bonchev–Trinajstić information content (AvgIpc) is 3.08. The summed E-state index contributed by atoms with van der Waals surface area (Å²) in [6.07, 6.45) is 0. The van der Waals surface area contributed by atoms with Crippen molar-refractivity contribution in [2.24, 2.45) is 5.92 Å². The predicted molar refractivity (Wildman–Crippen MR) is 88.4 cm³/mol. The highest BCUT2D eigenvalue weighted by molar-refractivity contribution is 5.72. The number of rotatable bonds is 8. The van der Waals surface area contributed by atoms with E-state index in [0.717, 1.165) is 11.3 Å². The molecule has 2 aromatic rings. The van der Waals surface area contributed by atoms with E-state index in [0.29, 0.717) is 24.0 Å². The Hall–Kier alpha value is -2.70. The first-order valence-corrected chi connectivity index (χ1v) is 7.66. The standard InChI is InChI=1S/C17H22N2O5/c1-5-23-17(20)11(2)10-24-16-9-13(18-19-16)12-6-7-14(21-3)15(8-12)22-4/h6-9,11H,5,10H2,1-4H3,(H,18,19). The van der Waals surface area contributed by atoms with E-state index in [2.05, 4.69) is 10.2 Å². The van der Waals surface area contributed by atoms with Gasteiger partial charge in [0.2, 0.25) is 5.88 Å². The number of aromatic nitrogens is 2. The Labute approximate surface area is 140 Å². The molecule has 1 heterocycles. The van der Waals surface area contributed by atoms with Crippen LogP contribution >= 0.6 is 0 Å². The molecule has 0 spiro atoms. The number of esters is 1. The lowest BCUT2D eigenvalue weighted by Gasteiger charge is -2.10. The maximum atomic E-state index is 11.6. The number of H-pyrrole nitrogens is 1. The fourth-order valence-corrected chi connectivity index (χ4v) is 2.09. The van der Waals surface area contributed by atoms with Crippen LogP contribution in [0.1, 0.15) is 13.8 Å². The lowest BCUT2D eigenvalue weighted by atomic mass is 10.1. The first kappa shape index (κ1) is 17.7. The third-order valence-electron chi connectivity index (χ3n) is 3.42. The third-order valence-corrected chi connectivity index (χ3v) is 3.42. The third kappa shape index (κ3) is 4.18. The van der Waals surface area contributed by atoms with Crippen LogP contribution < -0.4 is 14.2 Å². The van der Waals surface area contributed by atoms with Crippen molar-refractivity contribution in [1.29, 1.82) is 0 Å². The molecule has 7 heteroatoms. The summed E-state index contributed by atoms with van der Waals surface area (Å²) >= 11 is 0. The molecule has 0 aliphatic carbocycles. The lowest BCUT2D eigenvalue weighted by Crippen LogP contribution is -2.21. The smallest absolute Gasteiger partial charge is 0.312 e. The zero-order valence-electron chi connectivity index (χ0n) is 14.3. The second-order valence-electron chi connectivity index (χ2n) is 5.15. The van der Waals surface area contributed by atoms with Gasteiger partial charge in [0.1, 0.15) is 6.61 Å². The van der Waals surface area contributed by atoms with Crippen molar-refractivity contribution in [1.82, 2.24) is 10.2 Å². The van der Waals surface area contributed by atoms with Gasteiger partial charge >= 0.3 is 5.97 Å². The molecule has 7 nitrogen and oxygen atoms in total. The van der Waals surface area contributed by atoms with Crippen molar-refractivity contribution in [3.05, 3.63) is 24.3 Å². The number of benzene rings is 1. The Kier molecular flexibility index (Phi) is 6.06. The number of carbonyl (C=O) groups excluding carboxylic acids is 1. The first-order valence-electron chi connectivity index (χ1n) is 7.66. The van der Waals surface area contributed by atoms with Gasteiger partial charge in [0.05, 0.1) is 32.4 Å². The van der Waals surface area contributed by atoms with Gasteiger partial charge in [-0.2, -0.15) is 0 Å². The summed E-state index contributed by atoms with van der Waals surface area (Å²) < 4.78 is 21.0. The van der Waals surface area contributed by atoms with Crippen LogP contribution in [-0.2, 0) is 9.53 Å². The minimum Gasteiger partial charge on any atom is -0.493 e. The van der Waals surface area contributed by atoms with Crippen LogP contribution in [0, 0.1) is 5.92 Å². The number of methoxy groups -OCH3 is 2. The fourth-order valence-electron chi connectivity index (χ4n) is 2.09. The van der Waals surface area contributed by atoms with E-state index < -0.39 is 0 Å². The van der Waals surface area contributed by atoms with E-state index in [1.165, 1.54) is 0 Å². The van der Waals surface area contributed by atoms with Gasteiger partial charge in [-0.15, -0.1) is 5.10 Å². The normalized spacial score (nSPS) is 11.7. The van der Waals surface area contributed by atoms with Crippen molar-refractivity contribution >= 4 is 5.97 Å². The second kappa shape index (κ2) is 8.24. The quantitative estimate of drug-likeness (QED) is 0.747. The van der Waals surface area contributed by atoms with Gasteiger partial charge in [-0.1, -0.05) is 0 Å². The molecule has 0 amide bonds. The van der Waals surface area contributed by atoms with Crippen molar-refractivity contribution in [3.63, 3.8) is 0 Å². The SMILES string of the molecule is CCOC(=O)C(C)COc1cc(-c2ccc(OC)c(OC)c2)[nH]n1. The molecule has 2 rings (SSSR count). The molecule has 0 fully saturated rings. The van der Waals surface area contributed by atoms with Crippen LogP contribution in [-0.4, -0.2) is 43.6 Å². The summed E-state index contributed by atoms with van der Waals surface area (Å²) in [5, 5.41) is 7.00. The highest BCUT2D eigenvalue weighted by Gasteiger charge is 2.16. The molecule has 24 heavy (non-hydrogen) atoms. The van der Waals surface area contributed by atoms with Crippen molar-refractivity contribution < 1.29 is 23.7 Å². The Balaban J connectivity index is 2.04. The number of nitrogens with one attached hydrogen (secondary N) is 1. The summed E-state index contributed by atoms with van der Waals surface area (Å²) in [5.41, 5.74) is 1.66. The summed E-state index contributed by atoms with van der Waals surface area (Å²) in [6, 6.07) is 7.31. The molecule has 0 aliphatic rings. The van der Waals surface area contributed by atoms with Crippen molar-refractivity contribution in [3.8, 4) is 28.6 Å². The van der Waals surface area contributed by atoms with Crippen molar-refractivity contribution in [2.45, 2.75) is 13.8 Å². The molecule has 1 N–H and O–H groups in total. The first-order chi connectivity index (χ1) is 11.6. The molecule has 130 valence electrons. The number of hydrogen-bond acceptors (Lipinski definition) is 6. The van der Waals surface area contributed by atoms with E-state index in [-0.39, 0.29) is 18.5 Å². The highest BCUT2D eigenvalue weighted by Crippen LogP contribution is 2.32.